The molecule has 0 spiro atoms. The molecule has 5 nitrogen and oxygen atoms in total. The molecule has 0 amide bonds. The predicted octanol–water partition coefficient (Wildman–Crippen LogP) is 3.56. The Morgan fingerprint density at radius 2 is 2.04 bits per heavy atom. The van der Waals surface area contributed by atoms with Gasteiger partial charge < -0.3 is 9.84 Å². The van der Waals surface area contributed by atoms with Crippen molar-refractivity contribution < 1.29 is 8.91 Å². The van der Waals surface area contributed by atoms with Crippen LogP contribution in [0.25, 0.3) is 21.7 Å². The number of hydrogen-bond donors (Lipinski definition) is 1. The minimum Gasteiger partial charge on any atom is -0.369 e. The van der Waals surface area contributed by atoms with Crippen LogP contribution in [-0.4, -0.2) is 21.7 Å². The Balaban J connectivity index is 1.52. The maximum Gasteiger partial charge on any atom is 0.170 e. The van der Waals surface area contributed by atoms with Gasteiger partial charge in [-0.3, -0.25) is 4.98 Å². The van der Waals surface area contributed by atoms with Gasteiger partial charge in [-0.25, -0.2) is 9.37 Å². The van der Waals surface area contributed by atoms with E-state index in [1.165, 1.54) is 12.1 Å². The van der Waals surface area contributed by atoms with Gasteiger partial charge in [-0.1, -0.05) is 5.16 Å². The molecule has 114 valence electrons. The van der Waals surface area contributed by atoms with Crippen molar-refractivity contribution in [1.29, 1.82) is 0 Å². The Hall–Kier alpha value is -3.02. The minimum absolute atomic E-state index is 0.327. The highest BCUT2D eigenvalue weighted by molar-refractivity contribution is 5.90. The highest BCUT2D eigenvalue weighted by Gasteiger charge is 2.09. The minimum atomic E-state index is -0.327. The van der Waals surface area contributed by atoms with Crippen LogP contribution in [0.15, 0.2) is 53.4 Å². The quantitative estimate of drug-likeness (QED) is 0.624. The van der Waals surface area contributed by atoms with Crippen molar-refractivity contribution in [2.45, 2.75) is 6.42 Å². The predicted molar refractivity (Wildman–Crippen MR) is 85.7 cm³/mol. The maximum absolute atomic E-state index is 13.2. The van der Waals surface area contributed by atoms with E-state index in [2.05, 4.69) is 20.4 Å². The summed E-state index contributed by atoms with van der Waals surface area (Å²) in [5.74, 6) is 0.482. The van der Waals surface area contributed by atoms with Gasteiger partial charge in [-0.2, -0.15) is 0 Å². The summed E-state index contributed by atoms with van der Waals surface area (Å²) in [5.41, 5.74) is 1.27. The molecular formula is C17H13FN4O. The first-order valence-corrected chi connectivity index (χ1v) is 7.28. The highest BCUT2D eigenvalue weighted by atomic mass is 19.1. The fraction of sp³-hybridized carbons (Fsp3) is 0.118. The standard InChI is InChI=1S/C17H13FN4O/c18-12-1-2-14-15(22-23-16(14)9-12)5-8-21-17-13-4-6-19-10-11(13)3-7-20-17/h1-4,6-7,9-10H,5,8H2,(H,20,21). The summed E-state index contributed by atoms with van der Waals surface area (Å²) >= 11 is 0. The van der Waals surface area contributed by atoms with Gasteiger partial charge in [0.15, 0.2) is 5.58 Å². The molecule has 4 rings (SSSR count). The van der Waals surface area contributed by atoms with Gasteiger partial charge in [-0.15, -0.1) is 0 Å². The molecule has 3 heterocycles. The Labute approximate surface area is 131 Å². The van der Waals surface area contributed by atoms with Gasteiger partial charge in [0, 0.05) is 53.8 Å². The molecule has 1 N–H and O–H groups in total. The Morgan fingerprint density at radius 1 is 1.09 bits per heavy atom. The molecule has 0 aliphatic carbocycles. The molecule has 23 heavy (non-hydrogen) atoms. The lowest BCUT2D eigenvalue weighted by Gasteiger charge is -2.07. The molecule has 1 aromatic carbocycles. The first-order valence-electron chi connectivity index (χ1n) is 7.28. The lowest BCUT2D eigenvalue weighted by Crippen LogP contribution is -2.07. The first kappa shape index (κ1) is 13.6. The van der Waals surface area contributed by atoms with Gasteiger partial charge in [0.1, 0.15) is 11.6 Å². The van der Waals surface area contributed by atoms with Gasteiger partial charge in [-0.05, 0) is 24.3 Å². The van der Waals surface area contributed by atoms with Crippen molar-refractivity contribution in [2.24, 2.45) is 0 Å². The van der Waals surface area contributed by atoms with E-state index >= 15 is 0 Å². The van der Waals surface area contributed by atoms with Crippen LogP contribution in [0.4, 0.5) is 10.2 Å². The summed E-state index contributed by atoms with van der Waals surface area (Å²) in [7, 11) is 0. The molecule has 0 radical (unpaired) electrons. The summed E-state index contributed by atoms with van der Waals surface area (Å²) < 4.78 is 18.3. The van der Waals surface area contributed by atoms with Gasteiger partial charge in [0.25, 0.3) is 0 Å². The summed E-state index contributed by atoms with van der Waals surface area (Å²) in [6, 6.07) is 8.30. The molecule has 0 saturated carbocycles. The van der Waals surface area contributed by atoms with Crippen LogP contribution in [-0.2, 0) is 6.42 Å². The van der Waals surface area contributed by atoms with Crippen molar-refractivity contribution >= 4 is 27.6 Å². The van der Waals surface area contributed by atoms with Crippen LogP contribution in [0.2, 0.25) is 0 Å². The number of benzene rings is 1. The number of hydrogen-bond acceptors (Lipinski definition) is 5. The first-order chi connectivity index (χ1) is 11.3. The maximum atomic E-state index is 13.2. The second kappa shape index (κ2) is 5.64. The van der Waals surface area contributed by atoms with E-state index in [4.69, 9.17) is 4.52 Å². The van der Waals surface area contributed by atoms with Crippen LogP contribution in [0.3, 0.4) is 0 Å². The van der Waals surface area contributed by atoms with E-state index in [9.17, 15) is 4.39 Å². The lowest BCUT2D eigenvalue weighted by molar-refractivity contribution is 0.445. The highest BCUT2D eigenvalue weighted by Crippen LogP contribution is 2.21. The molecule has 0 fully saturated rings. The van der Waals surface area contributed by atoms with Gasteiger partial charge in [0.05, 0.1) is 5.69 Å². The van der Waals surface area contributed by atoms with Crippen molar-refractivity contribution in [1.82, 2.24) is 15.1 Å². The van der Waals surface area contributed by atoms with Crippen molar-refractivity contribution in [3.63, 3.8) is 0 Å². The average molecular weight is 308 g/mol. The summed E-state index contributed by atoms with van der Waals surface area (Å²) in [6.45, 7) is 0.646. The molecule has 0 bridgehead atoms. The monoisotopic (exact) mass is 308 g/mol. The number of fused-ring (bicyclic) bond motifs is 2. The summed E-state index contributed by atoms with van der Waals surface area (Å²) in [4.78, 5) is 8.47. The third kappa shape index (κ3) is 2.59. The number of pyridine rings is 2. The van der Waals surface area contributed by atoms with Gasteiger partial charge in [0.2, 0.25) is 0 Å². The zero-order valence-corrected chi connectivity index (χ0v) is 12.2. The van der Waals surface area contributed by atoms with E-state index in [1.54, 1.807) is 18.5 Å². The van der Waals surface area contributed by atoms with E-state index in [0.717, 1.165) is 27.7 Å². The SMILES string of the molecule is Fc1ccc2c(CCNc3nccc4cnccc34)noc2c1. The van der Waals surface area contributed by atoms with E-state index in [0.29, 0.717) is 18.5 Å². The molecule has 0 atom stereocenters. The van der Waals surface area contributed by atoms with E-state index in [1.807, 2.05) is 18.3 Å². The third-order valence-electron chi connectivity index (χ3n) is 3.73. The van der Waals surface area contributed by atoms with Crippen LogP contribution in [0.1, 0.15) is 5.69 Å². The average Bonchev–Trinajstić information content (AvgIpc) is 2.97. The normalized spacial score (nSPS) is 11.2. The molecule has 3 aromatic heterocycles. The zero-order chi connectivity index (χ0) is 15.6. The van der Waals surface area contributed by atoms with Crippen LogP contribution in [0, 0.1) is 5.82 Å². The fourth-order valence-electron chi connectivity index (χ4n) is 2.60. The van der Waals surface area contributed by atoms with Crippen LogP contribution >= 0.6 is 0 Å². The number of aromatic nitrogens is 3. The lowest BCUT2D eigenvalue weighted by atomic mass is 10.1. The summed E-state index contributed by atoms with van der Waals surface area (Å²) in [6.07, 6.45) is 5.96. The molecule has 6 heteroatoms. The van der Waals surface area contributed by atoms with Crippen molar-refractivity contribution in [3.05, 3.63) is 60.4 Å². The molecule has 0 aliphatic heterocycles. The van der Waals surface area contributed by atoms with Crippen LogP contribution in [0.5, 0.6) is 0 Å². The fourth-order valence-corrected chi connectivity index (χ4v) is 2.60. The van der Waals surface area contributed by atoms with E-state index in [-0.39, 0.29) is 5.82 Å². The Bertz CT molecular complexity index is 977. The van der Waals surface area contributed by atoms with Crippen molar-refractivity contribution in [2.75, 3.05) is 11.9 Å². The molecule has 0 aliphatic rings. The Kier molecular flexibility index (Phi) is 3.34. The van der Waals surface area contributed by atoms with E-state index < -0.39 is 0 Å². The van der Waals surface area contributed by atoms with Crippen LogP contribution < -0.4 is 5.32 Å². The molecule has 4 aromatic rings. The number of nitrogens with one attached hydrogen (secondary N) is 1. The van der Waals surface area contributed by atoms with Gasteiger partial charge >= 0.3 is 0 Å². The number of anilines is 1. The zero-order valence-electron chi connectivity index (χ0n) is 12.2. The molecular weight excluding hydrogens is 295 g/mol. The van der Waals surface area contributed by atoms with Crippen molar-refractivity contribution in [3.8, 4) is 0 Å². The molecule has 0 saturated heterocycles. The largest absolute Gasteiger partial charge is 0.369 e. The molecule has 0 unspecified atom stereocenters. The summed E-state index contributed by atoms with van der Waals surface area (Å²) in [5, 5.41) is 10.2. The Morgan fingerprint density at radius 3 is 3.00 bits per heavy atom. The number of nitrogens with zero attached hydrogens (tertiary/aromatic N) is 3. The topological polar surface area (TPSA) is 63.8 Å². The number of rotatable bonds is 4. The second-order valence-corrected chi connectivity index (χ2v) is 5.20. The smallest absolute Gasteiger partial charge is 0.170 e. The second-order valence-electron chi connectivity index (χ2n) is 5.20. The number of halogens is 1. The third-order valence-corrected chi connectivity index (χ3v) is 3.73.